The van der Waals surface area contributed by atoms with Gasteiger partial charge in [-0.3, -0.25) is 9.58 Å². The second-order valence-corrected chi connectivity index (χ2v) is 5.78. The summed E-state index contributed by atoms with van der Waals surface area (Å²) in [6.45, 7) is 4.74. The number of rotatable bonds is 2. The molecule has 2 N–H and O–H groups in total. The monoisotopic (exact) mass is 290 g/mol. The molecule has 0 atom stereocenters. The van der Waals surface area contributed by atoms with Crippen molar-refractivity contribution in [2.75, 3.05) is 12.3 Å². The third kappa shape index (κ3) is 2.30. The van der Waals surface area contributed by atoms with Crippen LogP contribution in [0.3, 0.4) is 0 Å². The van der Waals surface area contributed by atoms with Gasteiger partial charge in [-0.1, -0.05) is 23.7 Å². The van der Waals surface area contributed by atoms with Crippen LogP contribution in [-0.4, -0.2) is 21.2 Å². The van der Waals surface area contributed by atoms with Crippen molar-refractivity contribution in [3.8, 4) is 0 Å². The van der Waals surface area contributed by atoms with Crippen LogP contribution in [-0.2, 0) is 26.6 Å². The molecule has 20 heavy (non-hydrogen) atoms. The molecule has 1 aromatic carbocycles. The maximum Gasteiger partial charge on any atom is 0.131 e. The molecule has 2 heterocycles. The SMILES string of the molecule is Cc1nn(C)c(Cl)c1CN1CCc2cccc(N)c2C1. The molecule has 0 bridgehead atoms. The Morgan fingerprint density at radius 3 is 2.90 bits per heavy atom. The first kappa shape index (κ1) is 13.5. The predicted molar refractivity (Wildman–Crippen MR) is 81.6 cm³/mol. The van der Waals surface area contributed by atoms with Gasteiger partial charge in [0.2, 0.25) is 0 Å². The van der Waals surface area contributed by atoms with Crippen LogP contribution in [0.4, 0.5) is 5.69 Å². The first-order valence-corrected chi connectivity index (χ1v) is 7.20. The van der Waals surface area contributed by atoms with E-state index in [-0.39, 0.29) is 0 Å². The Balaban J connectivity index is 1.83. The summed E-state index contributed by atoms with van der Waals surface area (Å²) in [4.78, 5) is 2.38. The average Bonchev–Trinajstić information content (AvgIpc) is 2.66. The second kappa shape index (κ2) is 5.11. The van der Waals surface area contributed by atoms with E-state index in [1.54, 1.807) is 4.68 Å². The standard InChI is InChI=1S/C15H19ClN4/c1-10-12(15(16)19(2)18-10)8-20-7-6-11-4-3-5-14(17)13(11)9-20/h3-5H,6-9,17H2,1-2H3. The van der Waals surface area contributed by atoms with E-state index in [9.17, 15) is 0 Å². The van der Waals surface area contributed by atoms with Crippen LogP contribution in [0.1, 0.15) is 22.4 Å². The van der Waals surface area contributed by atoms with Gasteiger partial charge in [0, 0.05) is 37.9 Å². The van der Waals surface area contributed by atoms with Crippen LogP contribution < -0.4 is 5.73 Å². The van der Waals surface area contributed by atoms with Crippen molar-refractivity contribution in [2.45, 2.75) is 26.4 Å². The van der Waals surface area contributed by atoms with Gasteiger partial charge in [-0.2, -0.15) is 5.10 Å². The molecule has 0 unspecified atom stereocenters. The molecule has 106 valence electrons. The van der Waals surface area contributed by atoms with Gasteiger partial charge in [-0.15, -0.1) is 0 Å². The Kier molecular flexibility index (Phi) is 3.44. The van der Waals surface area contributed by atoms with Gasteiger partial charge in [0.25, 0.3) is 0 Å². The lowest BCUT2D eigenvalue weighted by molar-refractivity contribution is 0.245. The molecule has 1 aliphatic rings. The lowest BCUT2D eigenvalue weighted by atomic mass is 9.98. The highest BCUT2D eigenvalue weighted by atomic mass is 35.5. The second-order valence-electron chi connectivity index (χ2n) is 5.42. The molecule has 3 rings (SSSR count). The number of nitrogen functional groups attached to an aromatic ring is 1. The molecule has 1 aliphatic heterocycles. The van der Waals surface area contributed by atoms with Gasteiger partial charge in [0.1, 0.15) is 5.15 Å². The number of aromatic nitrogens is 2. The van der Waals surface area contributed by atoms with Crippen LogP contribution in [0.2, 0.25) is 5.15 Å². The summed E-state index contributed by atoms with van der Waals surface area (Å²) in [5, 5.41) is 5.10. The Hall–Kier alpha value is -1.52. The van der Waals surface area contributed by atoms with Crippen LogP contribution >= 0.6 is 11.6 Å². The third-order valence-electron chi connectivity index (χ3n) is 4.04. The summed E-state index contributed by atoms with van der Waals surface area (Å²) in [6, 6.07) is 6.18. The Morgan fingerprint density at radius 2 is 2.20 bits per heavy atom. The molecule has 0 aliphatic carbocycles. The van der Waals surface area contributed by atoms with Crippen molar-refractivity contribution in [1.82, 2.24) is 14.7 Å². The van der Waals surface area contributed by atoms with Gasteiger partial charge in [0.15, 0.2) is 0 Å². The number of aryl methyl sites for hydroxylation is 2. The number of hydrogen-bond donors (Lipinski definition) is 1. The summed E-state index contributed by atoms with van der Waals surface area (Å²) in [5.74, 6) is 0. The number of nitrogens with two attached hydrogens (primary N) is 1. The summed E-state index contributed by atoms with van der Waals surface area (Å²) < 4.78 is 1.73. The molecule has 4 nitrogen and oxygen atoms in total. The summed E-state index contributed by atoms with van der Waals surface area (Å²) in [6.07, 6.45) is 1.04. The van der Waals surface area contributed by atoms with Crippen LogP contribution in [0.5, 0.6) is 0 Å². The van der Waals surface area contributed by atoms with E-state index in [4.69, 9.17) is 17.3 Å². The fourth-order valence-electron chi connectivity index (χ4n) is 2.87. The van der Waals surface area contributed by atoms with Gasteiger partial charge < -0.3 is 5.73 Å². The highest BCUT2D eigenvalue weighted by Gasteiger charge is 2.21. The summed E-state index contributed by atoms with van der Waals surface area (Å²) in [5.41, 5.74) is 11.7. The van der Waals surface area contributed by atoms with Crippen LogP contribution in [0.15, 0.2) is 18.2 Å². The van der Waals surface area contributed by atoms with E-state index < -0.39 is 0 Å². The average molecular weight is 291 g/mol. The van der Waals surface area contributed by atoms with E-state index in [0.717, 1.165) is 48.2 Å². The lowest BCUT2D eigenvalue weighted by Crippen LogP contribution is -2.30. The third-order valence-corrected chi connectivity index (χ3v) is 4.51. The fourth-order valence-corrected chi connectivity index (χ4v) is 3.11. The highest BCUT2D eigenvalue weighted by Crippen LogP contribution is 2.27. The Morgan fingerprint density at radius 1 is 1.40 bits per heavy atom. The molecule has 0 amide bonds. The maximum absolute atomic E-state index is 6.31. The molecule has 0 radical (unpaired) electrons. The number of anilines is 1. The highest BCUT2D eigenvalue weighted by molar-refractivity contribution is 6.30. The molecular weight excluding hydrogens is 272 g/mol. The minimum atomic E-state index is 0.731. The van der Waals surface area contributed by atoms with Crippen molar-refractivity contribution in [2.24, 2.45) is 7.05 Å². The normalized spacial score (nSPS) is 15.3. The number of benzene rings is 1. The molecule has 2 aromatic rings. The van der Waals surface area contributed by atoms with E-state index >= 15 is 0 Å². The van der Waals surface area contributed by atoms with Crippen molar-refractivity contribution >= 4 is 17.3 Å². The van der Waals surface area contributed by atoms with Crippen molar-refractivity contribution in [1.29, 1.82) is 0 Å². The topological polar surface area (TPSA) is 47.1 Å². The zero-order valence-electron chi connectivity index (χ0n) is 11.9. The zero-order chi connectivity index (χ0) is 14.3. The smallest absolute Gasteiger partial charge is 0.131 e. The Bertz CT molecular complexity index is 648. The lowest BCUT2D eigenvalue weighted by Gasteiger charge is -2.29. The first-order valence-electron chi connectivity index (χ1n) is 6.83. The molecule has 0 saturated carbocycles. The Labute approximate surface area is 124 Å². The summed E-state index contributed by atoms with van der Waals surface area (Å²) in [7, 11) is 1.88. The molecule has 5 heteroatoms. The molecule has 0 spiro atoms. The number of fused-ring (bicyclic) bond motifs is 1. The number of halogens is 1. The summed E-state index contributed by atoms with van der Waals surface area (Å²) >= 11 is 6.31. The number of nitrogens with zero attached hydrogens (tertiary/aromatic N) is 3. The zero-order valence-corrected chi connectivity index (χ0v) is 12.6. The van der Waals surface area contributed by atoms with Crippen LogP contribution in [0, 0.1) is 6.92 Å². The molecular formula is C15H19ClN4. The van der Waals surface area contributed by atoms with E-state index in [1.165, 1.54) is 11.1 Å². The van der Waals surface area contributed by atoms with Crippen molar-refractivity contribution < 1.29 is 0 Å². The van der Waals surface area contributed by atoms with Crippen molar-refractivity contribution in [3.63, 3.8) is 0 Å². The van der Waals surface area contributed by atoms with Gasteiger partial charge in [-0.25, -0.2) is 0 Å². The predicted octanol–water partition coefficient (Wildman–Crippen LogP) is 2.52. The van der Waals surface area contributed by atoms with Gasteiger partial charge in [0.05, 0.1) is 5.69 Å². The van der Waals surface area contributed by atoms with E-state index in [1.807, 2.05) is 26.1 Å². The maximum atomic E-state index is 6.31. The first-order chi connectivity index (χ1) is 9.56. The minimum absolute atomic E-state index is 0.731. The molecule has 0 saturated heterocycles. The fraction of sp³-hybridized carbons (Fsp3) is 0.400. The van der Waals surface area contributed by atoms with E-state index in [2.05, 4.69) is 16.1 Å². The molecule has 1 aromatic heterocycles. The van der Waals surface area contributed by atoms with Crippen LogP contribution in [0.25, 0.3) is 0 Å². The van der Waals surface area contributed by atoms with E-state index in [0.29, 0.717) is 0 Å². The number of hydrogen-bond acceptors (Lipinski definition) is 3. The van der Waals surface area contributed by atoms with Gasteiger partial charge in [-0.05, 0) is 30.5 Å². The van der Waals surface area contributed by atoms with Crippen molar-refractivity contribution in [3.05, 3.63) is 45.7 Å². The molecule has 0 fully saturated rings. The minimum Gasteiger partial charge on any atom is -0.398 e. The quantitative estimate of drug-likeness (QED) is 0.865. The largest absolute Gasteiger partial charge is 0.398 e. The van der Waals surface area contributed by atoms with Gasteiger partial charge >= 0.3 is 0 Å².